The summed E-state index contributed by atoms with van der Waals surface area (Å²) in [6.45, 7) is 7.93. The van der Waals surface area contributed by atoms with E-state index in [2.05, 4.69) is 6.92 Å². The van der Waals surface area contributed by atoms with Crippen molar-refractivity contribution in [2.75, 3.05) is 39.3 Å². The van der Waals surface area contributed by atoms with Crippen molar-refractivity contribution < 1.29 is 18.1 Å². The number of rotatable bonds is 5. The number of nitro groups is 1. The van der Waals surface area contributed by atoms with Gasteiger partial charge in [0.2, 0.25) is 15.9 Å². The third-order valence-electron chi connectivity index (χ3n) is 6.25. The van der Waals surface area contributed by atoms with Crippen molar-refractivity contribution in [2.24, 2.45) is 0 Å². The van der Waals surface area contributed by atoms with Gasteiger partial charge in [0.05, 0.1) is 16.4 Å². The molecule has 1 atom stereocenters. The van der Waals surface area contributed by atoms with Crippen molar-refractivity contribution in [3.8, 4) is 0 Å². The molecule has 166 valence electrons. The molecule has 2 heterocycles. The fourth-order valence-electron chi connectivity index (χ4n) is 4.20. The van der Waals surface area contributed by atoms with Crippen LogP contribution in [0.1, 0.15) is 37.3 Å². The Hall–Kier alpha value is -2.04. The van der Waals surface area contributed by atoms with Gasteiger partial charge in [-0.15, -0.1) is 0 Å². The predicted molar refractivity (Wildman–Crippen MR) is 113 cm³/mol. The van der Waals surface area contributed by atoms with Crippen molar-refractivity contribution in [2.45, 2.75) is 51.0 Å². The molecule has 2 aliphatic rings. The van der Waals surface area contributed by atoms with Gasteiger partial charge >= 0.3 is 0 Å². The number of likely N-dealkylation sites (tertiary alicyclic amines) is 1. The van der Waals surface area contributed by atoms with Crippen molar-refractivity contribution in [1.82, 2.24) is 14.1 Å². The van der Waals surface area contributed by atoms with E-state index in [1.54, 1.807) is 13.8 Å². The molecule has 2 saturated heterocycles. The Morgan fingerprint density at radius 3 is 2.40 bits per heavy atom. The number of carbonyl (C=O) groups excluding carboxylic acids is 1. The molecule has 0 aliphatic carbocycles. The molecule has 10 heteroatoms. The third kappa shape index (κ3) is 4.65. The van der Waals surface area contributed by atoms with Crippen LogP contribution in [0, 0.1) is 24.0 Å². The average molecular weight is 439 g/mol. The molecule has 2 aliphatic heterocycles. The van der Waals surface area contributed by atoms with Crippen LogP contribution in [0.4, 0.5) is 5.69 Å². The molecule has 0 radical (unpaired) electrons. The van der Waals surface area contributed by atoms with Crippen LogP contribution in [-0.2, 0) is 14.8 Å². The monoisotopic (exact) mass is 438 g/mol. The number of hydrogen-bond acceptors (Lipinski definition) is 6. The minimum Gasteiger partial charge on any atom is -0.339 e. The summed E-state index contributed by atoms with van der Waals surface area (Å²) in [5.74, 6) is 0.101. The molecule has 0 unspecified atom stereocenters. The summed E-state index contributed by atoms with van der Waals surface area (Å²) in [6.07, 6.45) is 3.21. The lowest BCUT2D eigenvalue weighted by Gasteiger charge is -2.37. The van der Waals surface area contributed by atoms with Gasteiger partial charge in [0, 0.05) is 50.9 Å². The van der Waals surface area contributed by atoms with Crippen molar-refractivity contribution in [1.29, 1.82) is 0 Å². The SMILES string of the molecule is Cc1cc([N+](=O)[O-])cc(S(=O)(=O)N2CCN(CC(=O)N3CCCC[C@H]3C)CC2)c1C. The maximum Gasteiger partial charge on any atom is 0.271 e. The largest absolute Gasteiger partial charge is 0.339 e. The number of aryl methyl sites for hydroxylation is 1. The lowest BCUT2D eigenvalue weighted by atomic mass is 10.0. The topological polar surface area (TPSA) is 104 Å². The molecule has 0 bridgehead atoms. The standard InChI is InChI=1S/C20H30N4O5S/c1-15-12-18(24(26)27)13-19(17(15)3)30(28,29)22-10-8-21(9-11-22)14-20(25)23-7-5-4-6-16(23)2/h12-13,16H,4-11,14H2,1-3H3/t16-/m1/s1. The Morgan fingerprint density at radius 2 is 1.80 bits per heavy atom. The number of piperazine rings is 1. The Morgan fingerprint density at radius 1 is 1.13 bits per heavy atom. The second-order valence-electron chi connectivity index (χ2n) is 8.26. The van der Waals surface area contributed by atoms with E-state index < -0.39 is 14.9 Å². The predicted octanol–water partition coefficient (Wildman–Crippen LogP) is 1.92. The van der Waals surface area contributed by atoms with Crippen LogP contribution in [0.3, 0.4) is 0 Å². The first kappa shape index (κ1) is 22.6. The maximum absolute atomic E-state index is 13.2. The van der Waals surface area contributed by atoms with E-state index in [9.17, 15) is 23.3 Å². The van der Waals surface area contributed by atoms with Crippen LogP contribution < -0.4 is 0 Å². The lowest BCUT2D eigenvalue weighted by molar-refractivity contribution is -0.385. The molecule has 3 rings (SSSR count). The van der Waals surface area contributed by atoms with Gasteiger partial charge in [0.15, 0.2) is 0 Å². The summed E-state index contributed by atoms with van der Waals surface area (Å²) < 4.78 is 27.7. The van der Waals surface area contributed by atoms with Gasteiger partial charge in [-0.05, 0) is 51.2 Å². The van der Waals surface area contributed by atoms with E-state index >= 15 is 0 Å². The molecule has 30 heavy (non-hydrogen) atoms. The summed E-state index contributed by atoms with van der Waals surface area (Å²) >= 11 is 0. The van der Waals surface area contributed by atoms with Gasteiger partial charge in [-0.25, -0.2) is 8.42 Å². The number of non-ortho nitro benzene ring substituents is 1. The van der Waals surface area contributed by atoms with Crippen LogP contribution in [0.5, 0.6) is 0 Å². The first-order valence-electron chi connectivity index (χ1n) is 10.4. The fraction of sp³-hybridized carbons (Fsp3) is 0.650. The Bertz CT molecular complexity index is 925. The highest BCUT2D eigenvalue weighted by atomic mass is 32.2. The van der Waals surface area contributed by atoms with Crippen molar-refractivity contribution >= 4 is 21.6 Å². The quantitative estimate of drug-likeness (QED) is 0.514. The lowest BCUT2D eigenvalue weighted by Crippen LogP contribution is -2.53. The van der Waals surface area contributed by atoms with E-state index in [1.165, 1.54) is 10.4 Å². The second-order valence-corrected chi connectivity index (χ2v) is 10.2. The molecule has 2 fully saturated rings. The Kier molecular flexibility index (Phi) is 6.78. The highest BCUT2D eigenvalue weighted by Gasteiger charge is 2.33. The zero-order chi connectivity index (χ0) is 22.1. The average Bonchev–Trinajstić information content (AvgIpc) is 2.70. The molecule has 0 spiro atoms. The summed E-state index contributed by atoms with van der Waals surface area (Å²) in [7, 11) is -3.85. The molecular weight excluding hydrogens is 408 g/mol. The minimum absolute atomic E-state index is 0.0131. The van der Waals surface area contributed by atoms with Crippen molar-refractivity contribution in [3.63, 3.8) is 0 Å². The normalized spacial score (nSPS) is 21.6. The van der Waals surface area contributed by atoms with E-state index in [4.69, 9.17) is 0 Å². The second kappa shape index (κ2) is 8.99. The van der Waals surface area contributed by atoms with Gasteiger partial charge in [-0.3, -0.25) is 19.8 Å². The van der Waals surface area contributed by atoms with Crippen molar-refractivity contribution in [3.05, 3.63) is 33.4 Å². The van der Waals surface area contributed by atoms with Gasteiger partial charge < -0.3 is 4.90 Å². The number of carbonyl (C=O) groups is 1. The number of amides is 1. The minimum atomic E-state index is -3.85. The van der Waals surface area contributed by atoms with E-state index in [0.717, 1.165) is 31.9 Å². The summed E-state index contributed by atoms with van der Waals surface area (Å²) in [4.78, 5) is 27.2. The first-order chi connectivity index (χ1) is 14.1. The molecule has 1 amide bonds. The molecule has 9 nitrogen and oxygen atoms in total. The Balaban J connectivity index is 1.67. The van der Waals surface area contributed by atoms with Crippen LogP contribution in [-0.4, -0.2) is 78.7 Å². The Labute approximate surface area is 177 Å². The van der Waals surface area contributed by atoms with E-state index in [-0.39, 0.29) is 35.6 Å². The number of sulfonamides is 1. The summed E-state index contributed by atoms with van der Waals surface area (Å²) in [5, 5.41) is 11.2. The zero-order valence-electron chi connectivity index (χ0n) is 17.8. The first-order valence-corrected chi connectivity index (χ1v) is 11.8. The maximum atomic E-state index is 13.2. The number of nitro benzene ring substituents is 1. The molecule has 0 aromatic heterocycles. The number of nitrogens with zero attached hydrogens (tertiary/aromatic N) is 4. The molecule has 0 saturated carbocycles. The van der Waals surface area contributed by atoms with Gasteiger partial charge in [0.1, 0.15) is 0 Å². The highest BCUT2D eigenvalue weighted by molar-refractivity contribution is 7.89. The third-order valence-corrected chi connectivity index (χ3v) is 8.27. The molecule has 0 N–H and O–H groups in total. The fourth-order valence-corrected chi connectivity index (χ4v) is 5.94. The van der Waals surface area contributed by atoms with Gasteiger partial charge in [-0.1, -0.05) is 0 Å². The molecule has 1 aromatic rings. The summed E-state index contributed by atoms with van der Waals surface area (Å²) in [6, 6.07) is 2.79. The van der Waals surface area contributed by atoms with Crippen LogP contribution in [0.25, 0.3) is 0 Å². The van der Waals surface area contributed by atoms with Gasteiger partial charge in [0.25, 0.3) is 5.69 Å². The molecule has 1 aromatic carbocycles. The highest BCUT2D eigenvalue weighted by Crippen LogP contribution is 2.28. The zero-order valence-corrected chi connectivity index (χ0v) is 18.7. The summed E-state index contributed by atoms with van der Waals surface area (Å²) in [5.41, 5.74) is 0.872. The van der Waals surface area contributed by atoms with E-state index in [1.807, 2.05) is 9.80 Å². The number of piperidine rings is 1. The van der Waals surface area contributed by atoms with E-state index in [0.29, 0.717) is 30.8 Å². The number of hydrogen-bond donors (Lipinski definition) is 0. The van der Waals surface area contributed by atoms with Crippen LogP contribution in [0.2, 0.25) is 0 Å². The smallest absolute Gasteiger partial charge is 0.271 e. The van der Waals surface area contributed by atoms with Crippen LogP contribution >= 0.6 is 0 Å². The van der Waals surface area contributed by atoms with Crippen LogP contribution in [0.15, 0.2) is 17.0 Å². The molecular formula is C20H30N4O5S. The number of benzene rings is 1. The van der Waals surface area contributed by atoms with Gasteiger partial charge in [-0.2, -0.15) is 4.31 Å².